The first kappa shape index (κ1) is 35.7. The van der Waals surface area contributed by atoms with Crippen molar-refractivity contribution in [2.45, 2.75) is 69.0 Å². The summed E-state index contributed by atoms with van der Waals surface area (Å²) < 4.78 is 29.6. The van der Waals surface area contributed by atoms with Gasteiger partial charge in [-0.2, -0.15) is 0 Å². The highest BCUT2D eigenvalue weighted by Crippen LogP contribution is 2.32. The number of carbonyl (C=O) groups excluding carboxylic acids is 2. The second-order valence-electron chi connectivity index (χ2n) is 12.0. The van der Waals surface area contributed by atoms with Gasteiger partial charge in [-0.05, 0) is 67.3 Å². The predicted octanol–water partition coefficient (Wildman–Crippen LogP) is 8.24. The number of anilines is 1. The Hall–Kier alpha value is -3.56. The average molecular weight is 727 g/mol. The summed E-state index contributed by atoms with van der Waals surface area (Å²) >= 11 is 19.6. The molecule has 1 aliphatic carbocycles. The van der Waals surface area contributed by atoms with Gasteiger partial charge in [0, 0.05) is 39.6 Å². The molecule has 0 bridgehead atoms. The van der Waals surface area contributed by atoms with E-state index in [9.17, 15) is 18.0 Å². The summed E-state index contributed by atoms with van der Waals surface area (Å²) in [6.45, 7) is 1.02. The summed E-state index contributed by atoms with van der Waals surface area (Å²) in [5, 5.41) is 4.16. The minimum atomic E-state index is -4.26. The topological polar surface area (TPSA) is 86.8 Å². The molecule has 0 radical (unpaired) electrons. The molecular weight excluding hydrogens is 689 g/mol. The van der Waals surface area contributed by atoms with Crippen molar-refractivity contribution in [2.75, 3.05) is 10.8 Å². The normalized spacial score (nSPS) is 14.2. The quantitative estimate of drug-likeness (QED) is 0.159. The molecule has 1 N–H and O–H groups in total. The van der Waals surface area contributed by atoms with Crippen LogP contribution in [0.25, 0.3) is 0 Å². The van der Waals surface area contributed by atoms with Crippen LogP contribution in [0.2, 0.25) is 15.1 Å². The van der Waals surface area contributed by atoms with E-state index in [4.69, 9.17) is 34.8 Å². The van der Waals surface area contributed by atoms with Crippen molar-refractivity contribution >= 4 is 62.3 Å². The number of rotatable bonds is 12. The number of carbonyl (C=O) groups is 2. The molecule has 0 spiro atoms. The van der Waals surface area contributed by atoms with Gasteiger partial charge in [-0.1, -0.05) is 115 Å². The van der Waals surface area contributed by atoms with Crippen molar-refractivity contribution in [3.63, 3.8) is 0 Å². The predicted molar refractivity (Wildman–Crippen MR) is 193 cm³/mol. The molecule has 1 atom stereocenters. The number of aryl methyl sites for hydroxylation is 1. The Morgan fingerprint density at radius 1 is 0.833 bits per heavy atom. The number of benzene rings is 4. The summed E-state index contributed by atoms with van der Waals surface area (Å²) in [6.07, 6.45) is 5.03. The summed E-state index contributed by atoms with van der Waals surface area (Å²) in [6, 6.07) is 26.2. The van der Waals surface area contributed by atoms with Gasteiger partial charge in [-0.25, -0.2) is 8.42 Å². The third kappa shape index (κ3) is 8.72. The van der Waals surface area contributed by atoms with E-state index >= 15 is 0 Å². The molecule has 7 nitrogen and oxygen atoms in total. The molecule has 4 aromatic rings. The summed E-state index contributed by atoms with van der Waals surface area (Å²) in [4.78, 5) is 30.5. The van der Waals surface area contributed by atoms with Crippen LogP contribution in [0.1, 0.15) is 48.8 Å². The molecule has 48 heavy (non-hydrogen) atoms. The van der Waals surface area contributed by atoms with E-state index in [0.29, 0.717) is 26.2 Å². The maximum Gasteiger partial charge on any atom is 0.264 e. The highest BCUT2D eigenvalue weighted by atomic mass is 35.5. The molecule has 11 heteroatoms. The third-order valence-corrected chi connectivity index (χ3v) is 11.4. The Labute approximate surface area is 297 Å². The van der Waals surface area contributed by atoms with Crippen molar-refractivity contribution < 1.29 is 18.0 Å². The zero-order valence-electron chi connectivity index (χ0n) is 26.6. The standard InChI is InChI=1S/C37H38Cl3N3O4S/c1-26-20-21-28(38)23-34(26)43(48(46,47)30-16-9-4-10-17-30)25-36(44)42(24-31-32(39)18-11-19-33(31)40)35(22-27-12-5-2-6-13-27)37(45)41-29-14-7-3-8-15-29/h2,4-6,9-13,16-21,23,29,35H,3,7-8,14-15,22,24-25H2,1H3,(H,41,45)/t35-/m1/s1. The van der Waals surface area contributed by atoms with Crippen LogP contribution >= 0.6 is 34.8 Å². The first-order chi connectivity index (χ1) is 23.0. The van der Waals surface area contributed by atoms with Gasteiger partial charge in [-0.3, -0.25) is 13.9 Å². The van der Waals surface area contributed by atoms with Crippen molar-refractivity contribution in [3.05, 3.63) is 129 Å². The fourth-order valence-corrected chi connectivity index (χ4v) is 8.21. The van der Waals surface area contributed by atoms with Crippen LogP contribution in [-0.4, -0.2) is 43.8 Å². The summed E-state index contributed by atoms with van der Waals surface area (Å²) in [5.41, 5.74) is 2.14. The van der Waals surface area contributed by atoms with Gasteiger partial charge in [0.05, 0.1) is 10.6 Å². The fourth-order valence-electron chi connectivity index (χ4n) is 6.04. The van der Waals surface area contributed by atoms with Gasteiger partial charge in [-0.15, -0.1) is 0 Å². The van der Waals surface area contributed by atoms with Crippen LogP contribution in [-0.2, 0) is 32.6 Å². The number of hydrogen-bond donors (Lipinski definition) is 1. The van der Waals surface area contributed by atoms with Gasteiger partial charge >= 0.3 is 0 Å². The number of nitrogens with one attached hydrogen (secondary N) is 1. The molecule has 0 heterocycles. The summed E-state index contributed by atoms with van der Waals surface area (Å²) in [7, 11) is -4.26. The van der Waals surface area contributed by atoms with E-state index in [1.807, 2.05) is 30.3 Å². The van der Waals surface area contributed by atoms with Crippen LogP contribution in [0.3, 0.4) is 0 Å². The SMILES string of the molecule is Cc1ccc(Cl)cc1N(CC(=O)N(Cc1c(Cl)cccc1Cl)[C@H](Cc1ccccc1)C(=O)NC1CCCCC1)S(=O)(=O)c1ccccc1. The smallest absolute Gasteiger partial charge is 0.264 e. The monoisotopic (exact) mass is 725 g/mol. The lowest BCUT2D eigenvalue weighted by atomic mass is 9.94. The van der Waals surface area contributed by atoms with Gasteiger partial charge in [0.15, 0.2) is 0 Å². The number of hydrogen-bond acceptors (Lipinski definition) is 4. The number of nitrogens with zero attached hydrogens (tertiary/aromatic N) is 2. The van der Waals surface area contributed by atoms with Gasteiger partial charge in [0.2, 0.25) is 11.8 Å². The first-order valence-corrected chi connectivity index (χ1v) is 18.5. The molecule has 1 fully saturated rings. The highest BCUT2D eigenvalue weighted by Gasteiger charge is 2.36. The fraction of sp³-hybridized carbons (Fsp3) is 0.297. The zero-order valence-corrected chi connectivity index (χ0v) is 29.7. The van der Waals surface area contributed by atoms with Crippen molar-refractivity contribution in [3.8, 4) is 0 Å². The molecule has 4 aromatic carbocycles. The van der Waals surface area contributed by atoms with Crippen LogP contribution in [0.5, 0.6) is 0 Å². The third-order valence-electron chi connectivity index (χ3n) is 8.66. The Bertz CT molecular complexity index is 1820. The van der Waals surface area contributed by atoms with E-state index in [-0.39, 0.29) is 35.5 Å². The molecule has 0 unspecified atom stereocenters. The van der Waals surface area contributed by atoms with Gasteiger partial charge in [0.25, 0.3) is 10.0 Å². The van der Waals surface area contributed by atoms with Gasteiger partial charge < -0.3 is 10.2 Å². The Morgan fingerprint density at radius 3 is 2.10 bits per heavy atom. The molecule has 1 aliphatic rings. The number of amides is 2. The minimum Gasteiger partial charge on any atom is -0.352 e. The van der Waals surface area contributed by atoms with Crippen LogP contribution in [0, 0.1) is 6.92 Å². The molecule has 0 saturated heterocycles. The Balaban J connectivity index is 1.61. The zero-order chi connectivity index (χ0) is 34.3. The molecule has 2 amide bonds. The second-order valence-corrected chi connectivity index (χ2v) is 15.1. The second kappa shape index (κ2) is 16.2. The van der Waals surface area contributed by atoms with E-state index in [2.05, 4.69) is 5.32 Å². The molecule has 5 rings (SSSR count). The van der Waals surface area contributed by atoms with E-state index in [0.717, 1.165) is 42.0 Å². The maximum absolute atomic E-state index is 14.8. The van der Waals surface area contributed by atoms with Crippen LogP contribution < -0.4 is 9.62 Å². The molecule has 1 saturated carbocycles. The largest absolute Gasteiger partial charge is 0.352 e. The lowest BCUT2D eigenvalue weighted by Crippen LogP contribution is -2.55. The molecule has 0 aliphatic heterocycles. The van der Waals surface area contributed by atoms with Crippen LogP contribution in [0.4, 0.5) is 5.69 Å². The minimum absolute atomic E-state index is 0.00810. The van der Waals surface area contributed by atoms with E-state index < -0.39 is 28.5 Å². The average Bonchev–Trinajstić information content (AvgIpc) is 3.08. The lowest BCUT2D eigenvalue weighted by molar-refractivity contribution is -0.140. The van der Waals surface area contributed by atoms with Crippen molar-refractivity contribution in [1.82, 2.24) is 10.2 Å². The van der Waals surface area contributed by atoms with E-state index in [1.54, 1.807) is 55.5 Å². The molecule has 252 valence electrons. The number of halogens is 3. The Kier molecular flexibility index (Phi) is 12.1. The van der Waals surface area contributed by atoms with Crippen molar-refractivity contribution in [2.24, 2.45) is 0 Å². The summed E-state index contributed by atoms with van der Waals surface area (Å²) in [5.74, 6) is -0.928. The number of sulfonamides is 1. The van der Waals surface area contributed by atoms with Gasteiger partial charge in [0.1, 0.15) is 12.6 Å². The van der Waals surface area contributed by atoms with E-state index in [1.165, 1.54) is 23.1 Å². The highest BCUT2D eigenvalue weighted by molar-refractivity contribution is 7.92. The van der Waals surface area contributed by atoms with Crippen molar-refractivity contribution in [1.29, 1.82) is 0 Å². The lowest BCUT2D eigenvalue weighted by Gasteiger charge is -2.35. The maximum atomic E-state index is 14.8. The van der Waals surface area contributed by atoms with Crippen LogP contribution in [0.15, 0.2) is 102 Å². The molecular formula is C37H38Cl3N3O4S. The Morgan fingerprint density at radius 2 is 1.46 bits per heavy atom. The first-order valence-electron chi connectivity index (χ1n) is 15.9. The molecule has 0 aromatic heterocycles.